The first-order valence-electron chi connectivity index (χ1n) is 5.14. The van der Waals surface area contributed by atoms with Crippen molar-refractivity contribution in [1.29, 1.82) is 0 Å². The second kappa shape index (κ2) is 5.85. The van der Waals surface area contributed by atoms with E-state index in [0.717, 1.165) is 12.1 Å². The highest BCUT2D eigenvalue weighted by Crippen LogP contribution is 2.39. The number of para-hydroxylation sites is 1. The highest BCUT2D eigenvalue weighted by molar-refractivity contribution is 5.67. The minimum absolute atomic E-state index is 0.440. The number of nitrogens with one attached hydrogen (secondary N) is 1. The summed E-state index contributed by atoms with van der Waals surface area (Å²) in [5, 5.41) is 30.5. The fourth-order valence-electron chi connectivity index (χ4n) is 1.40. The van der Waals surface area contributed by atoms with Gasteiger partial charge < -0.3 is 15.5 Å². The van der Waals surface area contributed by atoms with E-state index in [9.17, 15) is 23.3 Å². The van der Waals surface area contributed by atoms with E-state index < -0.39 is 47.3 Å². The fourth-order valence-corrected chi connectivity index (χ4v) is 1.40. The van der Waals surface area contributed by atoms with Crippen molar-refractivity contribution in [2.24, 2.45) is 0 Å². The monoisotopic (exact) mass is 280 g/mol. The molecule has 0 aliphatic rings. The summed E-state index contributed by atoms with van der Waals surface area (Å²) >= 11 is 0. The topological polar surface area (TPSA) is 95.6 Å². The average Bonchev–Trinajstić information content (AvgIpc) is 2.34. The van der Waals surface area contributed by atoms with Gasteiger partial charge in [0, 0.05) is 12.6 Å². The van der Waals surface area contributed by atoms with Gasteiger partial charge in [0.1, 0.15) is 5.69 Å². The lowest BCUT2D eigenvalue weighted by atomic mass is 10.1. The van der Waals surface area contributed by atoms with E-state index in [4.69, 9.17) is 10.2 Å². The zero-order chi connectivity index (χ0) is 14.6. The molecule has 0 spiro atoms. The fraction of sp³-hybridized carbons (Fsp3) is 0.400. The summed E-state index contributed by atoms with van der Waals surface area (Å²) in [6.07, 6.45) is -6.08. The molecule has 0 heterocycles. The van der Waals surface area contributed by atoms with Crippen LogP contribution in [0.25, 0.3) is 0 Å². The molecule has 0 radical (unpaired) electrons. The van der Waals surface area contributed by atoms with Crippen molar-refractivity contribution < 1.29 is 28.3 Å². The molecule has 3 N–H and O–H groups in total. The van der Waals surface area contributed by atoms with Gasteiger partial charge in [-0.1, -0.05) is 6.07 Å². The molecule has 106 valence electrons. The van der Waals surface area contributed by atoms with Gasteiger partial charge in [-0.15, -0.1) is 0 Å². The Morgan fingerprint density at radius 3 is 2.53 bits per heavy atom. The van der Waals surface area contributed by atoms with E-state index >= 15 is 0 Å². The third-order valence-corrected chi connectivity index (χ3v) is 2.27. The Bertz CT molecular complexity index is 465. The highest BCUT2D eigenvalue weighted by atomic mass is 19.4. The smallest absolute Gasteiger partial charge is 0.394 e. The number of halogens is 3. The van der Waals surface area contributed by atoms with Crippen LogP contribution < -0.4 is 5.32 Å². The van der Waals surface area contributed by atoms with Crippen molar-refractivity contribution in [2.75, 3.05) is 18.5 Å². The van der Waals surface area contributed by atoms with Gasteiger partial charge in [0.2, 0.25) is 0 Å². The minimum Gasteiger partial charge on any atom is -0.394 e. The van der Waals surface area contributed by atoms with Gasteiger partial charge >= 0.3 is 6.18 Å². The van der Waals surface area contributed by atoms with Gasteiger partial charge in [-0.05, 0) is 6.07 Å². The van der Waals surface area contributed by atoms with Crippen LogP contribution in [0.3, 0.4) is 0 Å². The zero-order valence-corrected chi connectivity index (χ0v) is 9.52. The molecule has 0 aromatic heterocycles. The number of hydrogen-bond acceptors (Lipinski definition) is 5. The normalized spacial score (nSPS) is 13.1. The van der Waals surface area contributed by atoms with Crippen molar-refractivity contribution in [2.45, 2.75) is 12.3 Å². The first-order chi connectivity index (χ1) is 8.77. The van der Waals surface area contributed by atoms with Gasteiger partial charge in [0.05, 0.1) is 23.2 Å². The van der Waals surface area contributed by atoms with Crippen LogP contribution in [0.4, 0.5) is 24.5 Å². The third-order valence-electron chi connectivity index (χ3n) is 2.27. The summed E-state index contributed by atoms with van der Waals surface area (Å²) in [5.74, 6) is 0. The molecule has 0 bridgehead atoms. The third kappa shape index (κ3) is 3.80. The molecular weight excluding hydrogens is 269 g/mol. The van der Waals surface area contributed by atoms with Gasteiger partial charge in [-0.3, -0.25) is 10.1 Å². The van der Waals surface area contributed by atoms with Crippen molar-refractivity contribution in [3.05, 3.63) is 33.9 Å². The van der Waals surface area contributed by atoms with E-state index in [1.807, 2.05) is 0 Å². The zero-order valence-electron chi connectivity index (χ0n) is 9.52. The van der Waals surface area contributed by atoms with Crippen LogP contribution in [0.2, 0.25) is 0 Å². The quantitative estimate of drug-likeness (QED) is 0.559. The maximum Gasteiger partial charge on any atom is 0.418 e. The lowest BCUT2D eigenvalue weighted by Gasteiger charge is -2.16. The van der Waals surface area contributed by atoms with E-state index in [-0.39, 0.29) is 0 Å². The van der Waals surface area contributed by atoms with Crippen LogP contribution in [-0.2, 0) is 6.18 Å². The summed E-state index contributed by atoms with van der Waals surface area (Å²) in [6, 6.07) is 2.54. The van der Waals surface area contributed by atoms with E-state index in [0.29, 0.717) is 6.07 Å². The Balaban J connectivity index is 3.18. The number of nitrogens with zero attached hydrogens (tertiary/aromatic N) is 1. The first kappa shape index (κ1) is 15.2. The number of alkyl halides is 3. The van der Waals surface area contributed by atoms with Crippen molar-refractivity contribution in [3.8, 4) is 0 Å². The predicted molar refractivity (Wildman–Crippen MR) is 59.7 cm³/mol. The molecule has 1 aromatic carbocycles. The van der Waals surface area contributed by atoms with E-state index in [1.54, 1.807) is 0 Å². The number of nitro benzene ring substituents is 1. The molecule has 0 aliphatic heterocycles. The van der Waals surface area contributed by atoms with E-state index in [2.05, 4.69) is 5.32 Å². The molecule has 0 amide bonds. The number of rotatable bonds is 5. The summed E-state index contributed by atoms with van der Waals surface area (Å²) in [6.45, 7) is -1.11. The Kier molecular flexibility index (Phi) is 4.67. The van der Waals surface area contributed by atoms with Crippen LogP contribution in [0.15, 0.2) is 18.2 Å². The molecule has 0 fully saturated rings. The molecule has 0 saturated heterocycles. The largest absolute Gasteiger partial charge is 0.418 e. The molecule has 0 saturated carbocycles. The minimum atomic E-state index is -4.77. The number of hydrogen-bond donors (Lipinski definition) is 3. The van der Waals surface area contributed by atoms with Crippen LogP contribution >= 0.6 is 0 Å². The summed E-state index contributed by atoms with van der Waals surface area (Å²) in [4.78, 5) is 9.75. The van der Waals surface area contributed by atoms with Gasteiger partial charge in [0.15, 0.2) is 0 Å². The molecule has 1 aromatic rings. The van der Waals surface area contributed by atoms with Crippen LogP contribution in [0, 0.1) is 10.1 Å². The molecule has 0 aliphatic carbocycles. The summed E-state index contributed by atoms with van der Waals surface area (Å²) in [7, 11) is 0. The summed E-state index contributed by atoms with van der Waals surface area (Å²) in [5.41, 5.74) is -2.68. The van der Waals surface area contributed by atoms with Crippen molar-refractivity contribution >= 4 is 11.4 Å². The number of anilines is 1. The van der Waals surface area contributed by atoms with Crippen LogP contribution in [0.1, 0.15) is 5.56 Å². The SMILES string of the molecule is O=[N+]([O-])c1cccc(C(F)(F)F)c1NCC(O)CO. The maximum absolute atomic E-state index is 12.7. The predicted octanol–water partition coefficient (Wildman–Crippen LogP) is 1.38. The van der Waals surface area contributed by atoms with Crippen molar-refractivity contribution in [3.63, 3.8) is 0 Å². The Morgan fingerprint density at radius 1 is 1.42 bits per heavy atom. The second-order valence-corrected chi connectivity index (χ2v) is 3.67. The average molecular weight is 280 g/mol. The molecule has 1 rings (SSSR count). The van der Waals surface area contributed by atoms with Crippen molar-refractivity contribution in [1.82, 2.24) is 0 Å². The molecule has 1 unspecified atom stereocenters. The number of benzene rings is 1. The lowest BCUT2D eigenvalue weighted by Crippen LogP contribution is -2.24. The van der Waals surface area contributed by atoms with Gasteiger partial charge in [-0.25, -0.2) is 0 Å². The number of nitro groups is 1. The molecule has 1 atom stereocenters. The van der Waals surface area contributed by atoms with E-state index in [1.165, 1.54) is 0 Å². The number of aliphatic hydroxyl groups excluding tert-OH is 2. The Labute approximate surface area is 105 Å². The van der Waals surface area contributed by atoms with Crippen LogP contribution in [-0.4, -0.2) is 34.4 Å². The molecule has 19 heavy (non-hydrogen) atoms. The lowest BCUT2D eigenvalue weighted by molar-refractivity contribution is -0.384. The molecular formula is C10H11F3N2O4. The van der Waals surface area contributed by atoms with Gasteiger partial charge in [0.25, 0.3) is 5.69 Å². The second-order valence-electron chi connectivity index (χ2n) is 3.67. The maximum atomic E-state index is 12.7. The standard InChI is InChI=1S/C10H11F3N2O4/c11-10(12,13)7-2-1-3-8(15(18)19)9(7)14-4-6(17)5-16/h1-3,6,14,16-17H,4-5H2. The highest BCUT2D eigenvalue weighted by Gasteiger charge is 2.36. The molecule has 9 heteroatoms. The number of aliphatic hydroxyl groups is 2. The Hall–Kier alpha value is -1.87. The summed E-state index contributed by atoms with van der Waals surface area (Å²) < 4.78 is 38.2. The van der Waals surface area contributed by atoms with Gasteiger partial charge in [-0.2, -0.15) is 13.2 Å². The first-order valence-corrected chi connectivity index (χ1v) is 5.14. The Morgan fingerprint density at radius 2 is 2.05 bits per heavy atom. The molecule has 6 nitrogen and oxygen atoms in total. The van der Waals surface area contributed by atoms with Crippen LogP contribution in [0.5, 0.6) is 0 Å².